The lowest BCUT2D eigenvalue weighted by Crippen LogP contribution is -2.35. The summed E-state index contributed by atoms with van der Waals surface area (Å²) in [5.41, 5.74) is 1.34. The third-order valence-corrected chi connectivity index (χ3v) is 5.21. The summed E-state index contributed by atoms with van der Waals surface area (Å²) in [6.45, 7) is 5.52. The van der Waals surface area contributed by atoms with Crippen molar-refractivity contribution < 1.29 is 9.53 Å². The SMILES string of the molecule is CN(CC1CCN(Cc2ccccc2)C1)C(=O)c1nnc2n1CCOC2. The zero-order chi connectivity index (χ0) is 17.9. The van der Waals surface area contributed by atoms with E-state index in [9.17, 15) is 4.79 Å². The first-order valence-corrected chi connectivity index (χ1v) is 9.22. The number of carbonyl (C=O) groups excluding carboxylic acids is 1. The minimum absolute atomic E-state index is 0.0489. The molecule has 0 N–H and O–H groups in total. The first kappa shape index (κ1) is 17.2. The van der Waals surface area contributed by atoms with Crippen molar-refractivity contribution in [3.8, 4) is 0 Å². The first-order chi connectivity index (χ1) is 12.7. The van der Waals surface area contributed by atoms with Gasteiger partial charge in [-0.3, -0.25) is 9.69 Å². The zero-order valence-corrected chi connectivity index (χ0v) is 15.2. The summed E-state index contributed by atoms with van der Waals surface area (Å²) >= 11 is 0. The van der Waals surface area contributed by atoms with Crippen molar-refractivity contribution >= 4 is 5.91 Å². The Morgan fingerprint density at radius 1 is 1.27 bits per heavy atom. The largest absolute Gasteiger partial charge is 0.372 e. The molecule has 7 heteroatoms. The zero-order valence-electron chi connectivity index (χ0n) is 15.2. The lowest BCUT2D eigenvalue weighted by atomic mass is 10.1. The van der Waals surface area contributed by atoms with E-state index in [1.54, 1.807) is 4.90 Å². The topological polar surface area (TPSA) is 63.5 Å². The second kappa shape index (κ2) is 7.55. The van der Waals surface area contributed by atoms with Gasteiger partial charge in [0, 0.05) is 33.2 Å². The maximum Gasteiger partial charge on any atom is 0.291 e. The standard InChI is InChI=1S/C19H25N5O2/c1-22(19(25)18-21-20-17-14-26-10-9-24(17)18)11-16-7-8-23(13-16)12-15-5-3-2-4-6-15/h2-6,16H,7-14H2,1H3. The summed E-state index contributed by atoms with van der Waals surface area (Å²) in [6.07, 6.45) is 1.12. The van der Waals surface area contributed by atoms with Gasteiger partial charge < -0.3 is 14.2 Å². The molecular formula is C19H25N5O2. The van der Waals surface area contributed by atoms with Crippen LogP contribution in [0.3, 0.4) is 0 Å². The molecule has 1 saturated heterocycles. The number of fused-ring (bicyclic) bond motifs is 1. The van der Waals surface area contributed by atoms with Crippen LogP contribution < -0.4 is 0 Å². The number of benzene rings is 1. The second-order valence-electron chi connectivity index (χ2n) is 7.21. The Bertz CT molecular complexity index is 761. The van der Waals surface area contributed by atoms with Crippen LogP contribution in [0.25, 0.3) is 0 Å². The molecule has 1 fully saturated rings. The summed E-state index contributed by atoms with van der Waals surface area (Å²) in [7, 11) is 1.86. The fraction of sp³-hybridized carbons (Fsp3) is 0.526. The van der Waals surface area contributed by atoms with Gasteiger partial charge in [0.15, 0.2) is 5.82 Å². The normalized spacial score (nSPS) is 20.1. The molecule has 0 spiro atoms. The highest BCUT2D eigenvalue weighted by atomic mass is 16.5. The van der Waals surface area contributed by atoms with E-state index in [0.717, 1.165) is 38.4 Å². The van der Waals surface area contributed by atoms with Gasteiger partial charge in [-0.15, -0.1) is 10.2 Å². The van der Waals surface area contributed by atoms with Gasteiger partial charge in [0.2, 0.25) is 5.82 Å². The van der Waals surface area contributed by atoms with Crippen LogP contribution in [0.1, 0.15) is 28.4 Å². The van der Waals surface area contributed by atoms with Crippen LogP contribution in [0.2, 0.25) is 0 Å². The van der Waals surface area contributed by atoms with Gasteiger partial charge in [-0.05, 0) is 24.4 Å². The lowest BCUT2D eigenvalue weighted by molar-refractivity contribution is 0.0698. The van der Waals surface area contributed by atoms with Crippen molar-refractivity contribution in [2.75, 3.05) is 33.3 Å². The maximum absolute atomic E-state index is 12.8. The molecule has 26 heavy (non-hydrogen) atoms. The van der Waals surface area contributed by atoms with Gasteiger partial charge in [-0.25, -0.2) is 0 Å². The molecule has 0 saturated carbocycles. The average molecular weight is 355 g/mol. The Kier molecular flexibility index (Phi) is 4.99. The summed E-state index contributed by atoms with van der Waals surface area (Å²) in [6, 6.07) is 10.5. The summed E-state index contributed by atoms with van der Waals surface area (Å²) in [5.74, 6) is 1.62. The Morgan fingerprint density at radius 3 is 2.96 bits per heavy atom. The third kappa shape index (κ3) is 3.64. The molecule has 0 bridgehead atoms. The Labute approximate surface area is 153 Å². The molecule has 0 aliphatic carbocycles. The van der Waals surface area contributed by atoms with Gasteiger partial charge in [-0.1, -0.05) is 30.3 Å². The van der Waals surface area contributed by atoms with Crippen molar-refractivity contribution in [1.29, 1.82) is 0 Å². The molecule has 138 valence electrons. The Morgan fingerprint density at radius 2 is 2.12 bits per heavy atom. The van der Waals surface area contributed by atoms with Crippen molar-refractivity contribution in [1.82, 2.24) is 24.6 Å². The van der Waals surface area contributed by atoms with Crippen molar-refractivity contribution in [2.45, 2.75) is 26.1 Å². The van der Waals surface area contributed by atoms with Crippen LogP contribution >= 0.6 is 0 Å². The van der Waals surface area contributed by atoms with E-state index in [1.165, 1.54) is 5.56 Å². The van der Waals surface area contributed by atoms with E-state index in [2.05, 4.69) is 39.4 Å². The molecule has 1 aromatic carbocycles. The highest BCUT2D eigenvalue weighted by molar-refractivity contribution is 5.90. The molecule has 1 aromatic heterocycles. The van der Waals surface area contributed by atoms with Crippen LogP contribution in [0.5, 0.6) is 0 Å². The number of aromatic nitrogens is 3. The quantitative estimate of drug-likeness (QED) is 0.811. The molecular weight excluding hydrogens is 330 g/mol. The molecule has 2 aliphatic rings. The minimum atomic E-state index is -0.0489. The van der Waals surface area contributed by atoms with Gasteiger partial charge in [0.1, 0.15) is 6.61 Å². The van der Waals surface area contributed by atoms with Crippen LogP contribution in [0, 0.1) is 5.92 Å². The Hall–Kier alpha value is -2.25. The number of amides is 1. The molecule has 3 heterocycles. The predicted molar refractivity (Wildman–Crippen MR) is 96.5 cm³/mol. The predicted octanol–water partition coefficient (Wildman–Crippen LogP) is 1.40. The fourth-order valence-electron chi connectivity index (χ4n) is 3.84. The summed E-state index contributed by atoms with van der Waals surface area (Å²) in [4.78, 5) is 17.0. The Balaban J connectivity index is 1.33. The molecule has 7 nitrogen and oxygen atoms in total. The number of hydrogen-bond donors (Lipinski definition) is 0. The molecule has 2 aromatic rings. The number of nitrogens with zero attached hydrogens (tertiary/aromatic N) is 5. The van der Waals surface area contributed by atoms with Crippen molar-refractivity contribution in [2.24, 2.45) is 5.92 Å². The molecule has 2 aliphatic heterocycles. The van der Waals surface area contributed by atoms with Gasteiger partial charge in [-0.2, -0.15) is 0 Å². The first-order valence-electron chi connectivity index (χ1n) is 9.22. The van der Waals surface area contributed by atoms with E-state index < -0.39 is 0 Å². The fourth-order valence-corrected chi connectivity index (χ4v) is 3.84. The second-order valence-corrected chi connectivity index (χ2v) is 7.21. The van der Waals surface area contributed by atoms with Crippen LogP contribution in [0.15, 0.2) is 30.3 Å². The molecule has 1 amide bonds. The molecule has 4 rings (SSSR count). The average Bonchev–Trinajstić information content (AvgIpc) is 3.29. The number of hydrogen-bond acceptors (Lipinski definition) is 5. The van der Waals surface area contributed by atoms with Gasteiger partial charge in [0.05, 0.1) is 6.61 Å². The van der Waals surface area contributed by atoms with Crippen molar-refractivity contribution in [3.63, 3.8) is 0 Å². The number of likely N-dealkylation sites (tertiary alicyclic amines) is 1. The van der Waals surface area contributed by atoms with Gasteiger partial charge >= 0.3 is 0 Å². The lowest BCUT2D eigenvalue weighted by Gasteiger charge is -2.22. The van der Waals surface area contributed by atoms with Crippen LogP contribution in [0.4, 0.5) is 0 Å². The van der Waals surface area contributed by atoms with Crippen molar-refractivity contribution in [3.05, 3.63) is 47.5 Å². The van der Waals surface area contributed by atoms with E-state index in [4.69, 9.17) is 4.74 Å². The highest BCUT2D eigenvalue weighted by Gasteiger charge is 2.28. The third-order valence-electron chi connectivity index (χ3n) is 5.21. The number of carbonyl (C=O) groups is 1. The summed E-state index contributed by atoms with van der Waals surface area (Å²) < 4.78 is 7.25. The van der Waals surface area contributed by atoms with E-state index in [1.807, 2.05) is 17.7 Å². The van der Waals surface area contributed by atoms with E-state index in [0.29, 0.717) is 31.5 Å². The number of ether oxygens (including phenoxy) is 1. The summed E-state index contributed by atoms with van der Waals surface area (Å²) in [5, 5.41) is 8.18. The smallest absolute Gasteiger partial charge is 0.291 e. The maximum atomic E-state index is 12.8. The monoisotopic (exact) mass is 355 g/mol. The minimum Gasteiger partial charge on any atom is -0.372 e. The number of rotatable bonds is 5. The molecule has 1 unspecified atom stereocenters. The van der Waals surface area contributed by atoms with E-state index >= 15 is 0 Å². The van der Waals surface area contributed by atoms with Crippen LogP contribution in [-0.2, 0) is 24.4 Å². The van der Waals surface area contributed by atoms with Gasteiger partial charge in [0.25, 0.3) is 5.91 Å². The molecule has 0 radical (unpaired) electrons. The molecule has 1 atom stereocenters. The van der Waals surface area contributed by atoms with Crippen LogP contribution in [-0.4, -0.2) is 63.8 Å². The highest BCUT2D eigenvalue weighted by Crippen LogP contribution is 2.20. The van der Waals surface area contributed by atoms with E-state index in [-0.39, 0.29) is 5.91 Å².